The van der Waals surface area contributed by atoms with Crippen LogP contribution in [0.2, 0.25) is 0 Å². The van der Waals surface area contributed by atoms with E-state index in [1.165, 1.54) is 5.56 Å². The van der Waals surface area contributed by atoms with Crippen LogP contribution in [0.4, 0.5) is 0 Å². The number of halogens is 1. The average molecular weight is 337 g/mol. The number of carbonyl (C=O) groups excluding carboxylic acids is 1. The van der Waals surface area contributed by atoms with Crippen LogP contribution in [0.3, 0.4) is 0 Å². The zero-order valence-corrected chi connectivity index (χ0v) is 15.2. The predicted octanol–water partition coefficient (Wildman–Crippen LogP) is 3.58. The minimum Gasteiger partial charge on any atom is -0.342 e. The van der Waals surface area contributed by atoms with E-state index in [-0.39, 0.29) is 23.7 Å². The van der Waals surface area contributed by atoms with Gasteiger partial charge < -0.3 is 10.6 Å². The molecule has 0 unspecified atom stereocenters. The fourth-order valence-corrected chi connectivity index (χ4v) is 4.27. The molecule has 0 saturated heterocycles. The van der Waals surface area contributed by atoms with Crippen molar-refractivity contribution in [3.05, 3.63) is 35.9 Å². The Labute approximate surface area is 146 Å². The molecule has 1 aromatic carbocycles. The highest BCUT2D eigenvalue weighted by Crippen LogP contribution is 2.65. The van der Waals surface area contributed by atoms with Gasteiger partial charge in [-0.15, -0.1) is 12.4 Å². The van der Waals surface area contributed by atoms with Crippen molar-refractivity contribution in [3.8, 4) is 0 Å². The third-order valence-electron chi connectivity index (χ3n) is 5.89. The molecule has 23 heavy (non-hydrogen) atoms. The first-order valence-electron chi connectivity index (χ1n) is 8.50. The number of rotatable bonds is 3. The highest BCUT2D eigenvalue weighted by atomic mass is 35.5. The molecule has 2 aliphatic carbocycles. The monoisotopic (exact) mass is 336 g/mol. The van der Waals surface area contributed by atoms with Gasteiger partial charge in [0.1, 0.15) is 0 Å². The molecule has 2 atom stereocenters. The predicted molar refractivity (Wildman–Crippen MR) is 96.7 cm³/mol. The summed E-state index contributed by atoms with van der Waals surface area (Å²) in [5.74, 6) is 0.796. The molecule has 128 valence electrons. The smallest absolute Gasteiger partial charge is 0.226 e. The summed E-state index contributed by atoms with van der Waals surface area (Å²) in [6.45, 7) is 4.44. The molecule has 2 saturated carbocycles. The third kappa shape index (κ3) is 3.41. The van der Waals surface area contributed by atoms with Crippen molar-refractivity contribution in [3.63, 3.8) is 0 Å². The normalized spacial score (nSPS) is 31.8. The number of amides is 1. The molecule has 2 aliphatic rings. The van der Waals surface area contributed by atoms with Crippen LogP contribution >= 0.6 is 12.4 Å². The largest absolute Gasteiger partial charge is 0.342 e. The van der Waals surface area contributed by atoms with Gasteiger partial charge in [0.05, 0.1) is 5.92 Å². The lowest BCUT2D eigenvalue weighted by atomic mass is 9.90. The van der Waals surface area contributed by atoms with Gasteiger partial charge in [-0.1, -0.05) is 44.2 Å². The van der Waals surface area contributed by atoms with Crippen LogP contribution in [0.1, 0.15) is 51.0 Å². The molecule has 0 spiro atoms. The van der Waals surface area contributed by atoms with E-state index < -0.39 is 0 Å². The van der Waals surface area contributed by atoms with Crippen LogP contribution < -0.4 is 5.73 Å². The Bertz CT molecular complexity index is 538. The lowest BCUT2D eigenvalue weighted by Gasteiger charge is -2.34. The van der Waals surface area contributed by atoms with Crippen molar-refractivity contribution in [1.82, 2.24) is 4.90 Å². The first kappa shape index (κ1) is 18.3. The van der Waals surface area contributed by atoms with Crippen LogP contribution in [0.25, 0.3) is 0 Å². The Morgan fingerprint density at radius 2 is 1.70 bits per heavy atom. The highest BCUT2D eigenvalue weighted by molar-refractivity contribution is 5.85. The molecule has 1 aromatic rings. The average Bonchev–Trinajstić information content (AvgIpc) is 3.10. The van der Waals surface area contributed by atoms with Crippen LogP contribution in [-0.4, -0.2) is 29.9 Å². The van der Waals surface area contributed by atoms with E-state index in [1.54, 1.807) is 0 Å². The molecule has 4 heteroatoms. The molecule has 0 aliphatic heterocycles. The number of carbonyl (C=O) groups is 1. The van der Waals surface area contributed by atoms with E-state index in [9.17, 15) is 4.79 Å². The van der Waals surface area contributed by atoms with Gasteiger partial charge in [0.2, 0.25) is 5.91 Å². The van der Waals surface area contributed by atoms with Crippen LogP contribution in [0.15, 0.2) is 30.3 Å². The maximum Gasteiger partial charge on any atom is 0.226 e. The van der Waals surface area contributed by atoms with Gasteiger partial charge in [-0.3, -0.25) is 4.79 Å². The summed E-state index contributed by atoms with van der Waals surface area (Å²) >= 11 is 0. The van der Waals surface area contributed by atoms with Gasteiger partial charge in [0.25, 0.3) is 0 Å². The van der Waals surface area contributed by atoms with Crippen molar-refractivity contribution in [2.75, 3.05) is 7.05 Å². The van der Waals surface area contributed by atoms with Crippen molar-refractivity contribution in [2.24, 2.45) is 17.1 Å². The fourth-order valence-electron chi connectivity index (χ4n) is 4.27. The Morgan fingerprint density at radius 3 is 2.26 bits per heavy atom. The summed E-state index contributed by atoms with van der Waals surface area (Å²) in [4.78, 5) is 15.0. The van der Waals surface area contributed by atoms with E-state index >= 15 is 0 Å². The lowest BCUT2D eigenvalue weighted by Crippen LogP contribution is -2.43. The van der Waals surface area contributed by atoms with Crippen LogP contribution in [-0.2, 0) is 4.79 Å². The molecule has 3 nitrogen and oxygen atoms in total. The summed E-state index contributed by atoms with van der Waals surface area (Å²) < 4.78 is 0. The SMILES string of the molecule is CN(C(=O)[C@H]1[C@H](c2ccccc2)C1(C)C)C1CCC(N)CC1.Cl. The van der Waals surface area contributed by atoms with Crippen LogP contribution in [0.5, 0.6) is 0 Å². The summed E-state index contributed by atoms with van der Waals surface area (Å²) in [7, 11) is 1.99. The Balaban J connectivity index is 0.00000192. The van der Waals surface area contributed by atoms with Gasteiger partial charge in [0.15, 0.2) is 0 Å². The molecule has 0 bridgehead atoms. The highest BCUT2D eigenvalue weighted by Gasteiger charge is 2.63. The molecule has 1 amide bonds. The fraction of sp³-hybridized carbons (Fsp3) is 0.632. The lowest BCUT2D eigenvalue weighted by molar-refractivity contribution is -0.134. The number of hydrogen-bond acceptors (Lipinski definition) is 2. The summed E-state index contributed by atoms with van der Waals surface area (Å²) in [6, 6.07) is 11.2. The molecule has 0 heterocycles. The van der Waals surface area contributed by atoms with Gasteiger partial charge in [-0.25, -0.2) is 0 Å². The second kappa shape index (κ2) is 6.82. The molecular weight excluding hydrogens is 308 g/mol. The second-order valence-corrected chi connectivity index (χ2v) is 7.71. The Morgan fingerprint density at radius 1 is 1.13 bits per heavy atom. The van der Waals surface area contributed by atoms with E-state index in [2.05, 4.69) is 38.1 Å². The molecule has 3 rings (SSSR count). The molecular formula is C19H29ClN2O. The minimum atomic E-state index is 0. The zero-order valence-electron chi connectivity index (χ0n) is 14.4. The van der Waals surface area contributed by atoms with Gasteiger partial charge in [-0.2, -0.15) is 0 Å². The summed E-state index contributed by atoms with van der Waals surface area (Å²) in [5.41, 5.74) is 7.35. The first-order valence-corrected chi connectivity index (χ1v) is 8.50. The number of benzene rings is 1. The van der Waals surface area contributed by atoms with Gasteiger partial charge in [-0.05, 0) is 36.7 Å². The minimum absolute atomic E-state index is 0. The zero-order chi connectivity index (χ0) is 15.9. The molecule has 2 N–H and O–H groups in total. The maximum atomic E-state index is 13.0. The van der Waals surface area contributed by atoms with E-state index in [4.69, 9.17) is 5.73 Å². The van der Waals surface area contributed by atoms with Crippen LogP contribution in [0, 0.1) is 11.3 Å². The number of nitrogens with two attached hydrogens (primary N) is 1. The van der Waals surface area contributed by atoms with Crippen molar-refractivity contribution in [1.29, 1.82) is 0 Å². The van der Waals surface area contributed by atoms with Gasteiger partial charge >= 0.3 is 0 Å². The van der Waals surface area contributed by atoms with Crippen molar-refractivity contribution < 1.29 is 4.79 Å². The summed E-state index contributed by atoms with van der Waals surface area (Å²) in [6.07, 6.45) is 4.18. The first-order chi connectivity index (χ1) is 10.4. The maximum absolute atomic E-state index is 13.0. The molecule has 2 fully saturated rings. The molecule has 0 radical (unpaired) electrons. The standard InChI is InChI=1S/C19H28N2O.ClH/c1-19(2)16(13-7-5-4-6-8-13)17(19)18(22)21(3)15-11-9-14(20)10-12-15;/h4-8,14-17H,9-12,20H2,1-3H3;1H/t14?,15?,16-,17+;/m0./s1. The van der Waals surface area contributed by atoms with E-state index in [0.29, 0.717) is 23.9 Å². The summed E-state index contributed by atoms with van der Waals surface area (Å²) in [5, 5.41) is 0. The second-order valence-electron chi connectivity index (χ2n) is 7.71. The van der Waals surface area contributed by atoms with Gasteiger partial charge in [0, 0.05) is 25.0 Å². The Kier molecular flexibility index (Phi) is 5.42. The van der Waals surface area contributed by atoms with Crippen molar-refractivity contribution in [2.45, 2.75) is 57.5 Å². The van der Waals surface area contributed by atoms with Crippen molar-refractivity contribution >= 4 is 18.3 Å². The number of nitrogens with zero attached hydrogens (tertiary/aromatic N) is 1. The van der Waals surface area contributed by atoms with E-state index in [1.807, 2.05) is 18.0 Å². The number of hydrogen-bond donors (Lipinski definition) is 1. The molecule has 0 aromatic heterocycles. The quantitative estimate of drug-likeness (QED) is 0.917. The topological polar surface area (TPSA) is 46.3 Å². The van der Waals surface area contributed by atoms with E-state index in [0.717, 1.165) is 25.7 Å². The Hall–Kier alpha value is -1.06. The third-order valence-corrected chi connectivity index (χ3v) is 5.89.